The lowest BCUT2D eigenvalue weighted by atomic mass is 10.3. The van der Waals surface area contributed by atoms with Gasteiger partial charge in [-0.05, 0) is 32.4 Å². The van der Waals surface area contributed by atoms with Crippen molar-refractivity contribution < 1.29 is 4.74 Å². The van der Waals surface area contributed by atoms with Gasteiger partial charge < -0.3 is 4.74 Å². The van der Waals surface area contributed by atoms with Gasteiger partial charge >= 0.3 is 0 Å². The summed E-state index contributed by atoms with van der Waals surface area (Å²) in [5.74, 6) is 0.895. The summed E-state index contributed by atoms with van der Waals surface area (Å²) >= 11 is 0. The third-order valence-electron chi connectivity index (χ3n) is 1.86. The zero-order chi connectivity index (χ0) is 8.97. The van der Waals surface area contributed by atoms with E-state index in [1.54, 1.807) is 6.20 Å². The quantitative estimate of drug-likeness (QED) is 0.686. The first-order valence-corrected chi connectivity index (χ1v) is 4.32. The second-order valence-electron chi connectivity index (χ2n) is 2.92. The molecule has 2 nitrogen and oxygen atoms in total. The van der Waals surface area contributed by atoms with Crippen LogP contribution in [0.25, 0.3) is 0 Å². The van der Waals surface area contributed by atoms with Gasteiger partial charge in [0.25, 0.3) is 0 Å². The Labute approximate surface area is 73.6 Å². The van der Waals surface area contributed by atoms with Crippen LogP contribution in [0.4, 0.5) is 0 Å². The third kappa shape index (κ3) is 2.22. The first kappa shape index (κ1) is 9.04. The van der Waals surface area contributed by atoms with Crippen molar-refractivity contribution in [2.75, 3.05) is 0 Å². The average Bonchev–Trinajstić information content (AvgIpc) is 2.09. The largest absolute Gasteiger partial charge is 0.489 e. The van der Waals surface area contributed by atoms with Crippen LogP contribution in [0.2, 0.25) is 0 Å². The molecule has 0 aromatic carbocycles. The van der Waals surface area contributed by atoms with Gasteiger partial charge in [-0.2, -0.15) is 0 Å². The summed E-state index contributed by atoms with van der Waals surface area (Å²) in [4.78, 5) is 4.14. The molecule has 0 aliphatic rings. The fourth-order valence-corrected chi connectivity index (χ4v) is 0.894. The van der Waals surface area contributed by atoms with Crippen LogP contribution >= 0.6 is 0 Å². The minimum Gasteiger partial charge on any atom is -0.489 e. The minimum atomic E-state index is 0.271. The van der Waals surface area contributed by atoms with E-state index in [9.17, 15) is 0 Å². The molecule has 1 aromatic heterocycles. The van der Waals surface area contributed by atoms with Crippen LogP contribution in [-0.4, -0.2) is 11.1 Å². The molecule has 0 aliphatic heterocycles. The van der Waals surface area contributed by atoms with E-state index in [1.807, 2.05) is 19.1 Å². The molecule has 1 aromatic rings. The second kappa shape index (κ2) is 4.10. The number of hydrogen-bond acceptors (Lipinski definition) is 2. The maximum Gasteiger partial charge on any atom is 0.140 e. The van der Waals surface area contributed by atoms with Crippen LogP contribution in [0.1, 0.15) is 26.0 Å². The molecule has 0 radical (unpaired) electrons. The van der Waals surface area contributed by atoms with Crippen molar-refractivity contribution in [3.63, 3.8) is 0 Å². The Morgan fingerprint density at radius 2 is 2.33 bits per heavy atom. The highest BCUT2D eigenvalue weighted by atomic mass is 16.5. The number of hydrogen-bond donors (Lipinski definition) is 0. The van der Waals surface area contributed by atoms with Crippen molar-refractivity contribution in [1.82, 2.24) is 4.98 Å². The van der Waals surface area contributed by atoms with Gasteiger partial charge in [-0.1, -0.05) is 6.92 Å². The highest BCUT2D eigenvalue weighted by molar-refractivity contribution is 5.25. The molecule has 1 heterocycles. The van der Waals surface area contributed by atoms with Gasteiger partial charge in [-0.3, -0.25) is 4.98 Å². The minimum absolute atomic E-state index is 0.271. The predicted octanol–water partition coefficient (Wildman–Crippen LogP) is 2.57. The molecule has 1 rings (SSSR count). The van der Waals surface area contributed by atoms with E-state index in [0.717, 1.165) is 17.9 Å². The van der Waals surface area contributed by atoms with Crippen LogP contribution in [0.15, 0.2) is 18.3 Å². The molecule has 0 N–H and O–H groups in total. The molecule has 12 heavy (non-hydrogen) atoms. The summed E-state index contributed by atoms with van der Waals surface area (Å²) in [7, 11) is 0. The Kier molecular flexibility index (Phi) is 3.09. The first-order valence-electron chi connectivity index (χ1n) is 4.32. The van der Waals surface area contributed by atoms with Crippen LogP contribution in [0.5, 0.6) is 5.75 Å². The molecular formula is C10H15NO. The van der Waals surface area contributed by atoms with E-state index in [-0.39, 0.29) is 6.10 Å². The van der Waals surface area contributed by atoms with Crippen LogP contribution in [-0.2, 0) is 0 Å². The van der Waals surface area contributed by atoms with Crippen molar-refractivity contribution in [3.05, 3.63) is 24.0 Å². The normalized spacial score (nSPS) is 12.6. The van der Waals surface area contributed by atoms with Crippen molar-refractivity contribution in [2.45, 2.75) is 33.3 Å². The molecule has 0 saturated heterocycles. The van der Waals surface area contributed by atoms with Crippen molar-refractivity contribution in [1.29, 1.82) is 0 Å². The lowest BCUT2D eigenvalue weighted by molar-refractivity contribution is 0.215. The fourth-order valence-electron chi connectivity index (χ4n) is 0.894. The fraction of sp³-hybridized carbons (Fsp3) is 0.500. The van der Waals surface area contributed by atoms with Gasteiger partial charge in [-0.15, -0.1) is 0 Å². The maximum absolute atomic E-state index is 5.63. The Morgan fingerprint density at radius 1 is 1.58 bits per heavy atom. The molecule has 0 bridgehead atoms. The molecule has 1 atom stereocenters. The summed E-state index contributed by atoms with van der Waals surface area (Å²) < 4.78 is 5.63. The highest BCUT2D eigenvalue weighted by Gasteiger charge is 2.02. The van der Waals surface area contributed by atoms with Crippen molar-refractivity contribution in [3.8, 4) is 5.75 Å². The summed E-state index contributed by atoms with van der Waals surface area (Å²) in [5, 5.41) is 0. The number of ether oxygens (including phenoxy) is 1. The number of aromatic nitrogens is 1. The molecule has 0 unspecified atom stereocenters. The monoisotopic (exact) mass is 165 g/mol. The Bertz CT molecular complexity index is 247. The van der Waals surface area contributed by atoms with Crippen LogP contribution in [0.3, 0.4) is 0 Å². The Hall–Kier alpha value is -1.05. The lowest BCUT2D eigenvalue weighted by Crippen LogP contribution is -2.10. The second-order valence-corrected chi connectivity index (χ2v) is 2.92. The number of nitrogens with zero attached hydrogens (tertiary/aromatic N) is 1. The molecular weight excluding hydrogens is 150 g/mol. The smallest absolute Gasteiger partial charge is 0.140 e. The molecule has 0 fully saturated rings. The van der Waals surface area contributed by atoms with Gasteiger partial charge in [0.15, 0.2) is 0 Å². The van der Waals surface area contributed by atoms with E-state index in [2.05, 4.69) is 18.8 Å². The summed E-state index contributed by atoms with van der Waals surface area (Å²) in [6, 6.07) is 3.85. The standard InChI is InChI=1S/C10H15NO/c1-4-8(2)12-10-6-5-7-11-9(10)3/h5-8H,4H2,1-3H3/t8-/m1/s1. The molecule has 2 heteroatoms. The number of pyridine rings is 1. The maximum atomic E-state index is 5.63. The molecule has 0 spiro atoms. The van der Waals surface area contributed by atoms with Gasteiger partial charge in [-0.25, -0.2) is 0 Å². The topological polar surface area (TPSA) is 22.1 Å². The Balaban J connectivity index is 2.69. The van der Waals surface area contributed by atoms with E-state index in [4.69, 9.17) is 4.74 Å². The third-order valence-corrected chi connectivity index (χ3v) is 1.86. The zero-order valence-electron chi connectivity index (χ0n) is 7.87. The zero-order valence-corrected chi connectivity index (χ0v) is 7.87. The highest BCUT2D eigenvalue weighted by Crippen LogP contribution is 2.15. The van der Waals surface area contributed by atoms with E-state index >= 15 is 0 Å². The van der Waals surface area contributed by atoms with Gasteiger partial charge in [0, 0.05) is 6.20 Å². The lowest BCUT2D eigenvalue weighted by Gasteiger charge is -2.13. The summed E-state index contributed by atoms with van der Waals surface area (Å²) in [6.45, 7) is 6.13. The van der Waals surface area contributed by atoms with Crippen molar-refractivity contribution in [2.24, 2.45) is 0 Å². The van der Waals surface area contributed by atoms with E-state index in [1.165, 1.54) is 0 Å². The molecule has 66 valence electrons. The first-order chi connectivity index (χ1) is 5.74. The van der Waals surface area contributed by atoms with Crippen molar-refractivity contribution >= 4 is 0 Å². The van der Waals surface area contributed by atoms with E-state index in [0.29, 0.717) is 0 Å². The Morgan fingerprint density at radius 3 is 2.92 bits per heavy atom. The van der Waals surface area contributed by atoms with Gasteiger partial charge in [0.1, 0.15) is 5.75 Å². The predicted molar refractivity (Wildman–Crippen MR) is 49.4 cm³/mol. The van der Waals surface area contributed by atoms with Gasteiger partial charge in [0.05, 0.1) is 11.8 Å². The summed E-state index contributed by atoms with van der Waals surface area (Å²) in [5.41, 5.74) is 0.956. The molecule has 0 saturated carbocycles. The van der Waals surface area contributed by atoms with Gasteiger partial charge in [0.2, 0.25) is 0 Å². The van der Waals surface area contributed by atoms with E-state index < -0.39 is 0 Å². The summed E-state index contributed by atoms with van der Waals surface area (Å²) in [6.07, 6.45) is 3.07. The molecule has 0 aliphatic carbocycles. The van der Waals surface area contributed by atoms with Crippen LogP contribution < -0.4 is 4.74 Å². The number of aryl methyl sites for hydroxylation is 1. The number of rotatable bonds is 3. The van der Waals surface area contributed by atoms with Crippen LogP contribution in [0, 0.1) is 6.92 Å². The average molecular weight is 165 g/mol. The molecule has 0 amide bonds. The SMILES string of the molecule is CC[C@@H](C)Oc1cccnc1C.